The number of nitrogens with zero attached hydrogens (tertiary/aromatic N) is 4. The van der Waals surface area contributed by atoms with Gasteiger partial charge in [0.05, 0.1) is 23.9 Å². The summed E-state index contributed by atoms with van der Waals surface area (Å²) in [5.74, 6) is -0.130. The maximum atomic E-state index is 13.7. The molecule has 1 aliphatic rings. The molecule has 3 amide bonds. The molecule has 39 heavy (non-hydrogen) atoms. The van der Waals surface area contributed by atoms with Gasteiger partial charge >= 0.3 is 6.03 Å². The number of benzene rings is 2. The molecule has 0 saturated carbocycles. The number of carbonyl (C=O) groups excluding carboxylic acids is 2. The third kappa shape index (κ3) is 8.80. The van der Waals surface area contributed by atoms with Crippen molar-refractivity contribution in [3.05, 3.63) is 65.7 Å². The number of sulfonamides is 1. The van der Waals surface area contributed by atoms with Crippen molar-refractivity contribution in [2.45, 2.75) is 52.6 Å². The van der Waals surface area contributed by atoms with Gasteiger partial charge in [-0.2, -0.15) is 9.57 Å². The van der Waals surface area contributed by atoms with Gasteiger partial charge < -0.3 is 15.1 Å². The van der Waals surface area contributed by atoms with Crippen molar-refractivity contribution in [1.82, 2.24) is 14.1 Å². The van der Waals surface area contributed by atoms with Gasteiger partial charge in [-0.05, 0) is 48.9 Å². The van der Waals surface area contributed by atoms with E-state index >= 15 is 0 Å². The molecule has 10 heteroatoms. The molecule has 210 valence electrons. The summed E-state index contributed by atoms with van der Waals surface area (Å²) in [6.45, 7) is 7.09. The Balaban J connectivity index is 1.72. The molecular formula is C29H39N5O4S. The lowest BCUT2D eigenvalue weighted by Gasteiger charge is -2.39. The van der Waals surface area contributed by atoms with E-state index in [1.807, 2.05) is 51.1 Å². The molecule has 0 radical (unpaired) electrons. The number of carbonyl (C=O) groups is 2. The number of urea groups is 1. The van der Waals surface area contributed by atoms with E-state index in [2.05, 4.69) is 11.4 Å². The molecule has 0 bridgehead atoms. The number of hydrogen-bond acceptors (Lipinski definition) is 5. The molecular weight excluding hydrogens is 514 g/mol. The van der Waals surface area contributed by atoms with Crippen molar-refractivity contribution in [3.63, 3.8) is 0 Å². The van der Waals surface area contributed by atoms with Crippen LogP contribution in [-0.2, 0) is 21.4 Å². The lowest BCUT2D eigenvalue weighted by Crippen LogP contribution is -2.52. The van der Waals surface area contributed by atoms with Crippen molar-refractivity contribution in [1.29, 1.82) is 5.26 Å². The molecule has 0 spiro atoms. The molecule has 0 aliphatic carbocycles. The van der Waals surface area contributed by atoms with Gasteiger partial charge in [-0.3, -0.25) is 4.79 Å². The fourth-order valence-electron chi connectivity index (χ4n) is 4.76. The molecule has 0 atom stereocenters. The van der Waals surface area contributed by atoms with Crippen LogP contribution in [0.15, 0.2) is 54.6 Å². The van der Waals surface area contributed by atoms with Gasteiger partial charge in [-0.15, -0.1) is 0 Å². The smallest absolute Gasteiger partial charge is 0.321 e. The van der Waals surface area contributed by atoms with E-state index in [1.54, 1.807) is 34.1 Å². The number of nitriles is 1. The minimum absolute atomic E-state index is 0.0104. The first-order chi connectivity index (χ1) is 18.6. The Hall–Kier alpha value is -3.42. The van der Waals surface area contributed by atoms with E-state index < -0.39 is 10.0 Å². The van der Waals surface area contributed by atoms with Crippen LogP contribution in [0.1, 0.15) is 51.2 Å². The molecule has 2 aromatic rings. The fourth-order valence-corrected chi connectivity index (χ4v) is 6.37. The molecule has 1 fully saturated rings. The highest BCUT2D eigenvalue weighted by Gasteiger charge is 2.33. The summed E-state index contributed by atoms with van der Waals surface area (Å²) >= 11 is 0. The van der Waals surface area contributed by atoms with Crippen molar-refractivity contribution in [2.24, 2.45) is 5.92 Å². The largest absolute Gasteiger partial charge is 0.334 e. The van der Waals surface area contributed by atoms with Gasteiger partial charge in [0.25, 0.3) is 0 Å². The summed E-state index contributed by atoms with van der Waals surface area (Å²) in [6.07, 6.45) is 1.65. The van der Waals surface area contributed by atoms with E-state index in [4.69, 9.17) is 5.26 Å². The van der Waals surface area contributed by atoms with Crippen LogP contribution in [0.4, 0.5) is 10.5 Å². The minimum atomic E-state index is -3.55. The first-order valence-electron chi connectivity index (χ1n) is 13.5. The SMILES string of the molecule is CCCS(=O)(=O)N(CC(=O)N(Cc1ccccc1)C1CCN(C(=O)Nc2cccc(C#N)c2)CC1)CC(C)C. The lowest BCUT2D eigenvalue weighted by molar-refractivity contribution is -0.135. The van der Waals surface area contributed by atoms with Crippen molar-refractivity contribution >= 4 is 27.6 Å². The second-order valence-corrected chi connectivity index (χ2v) is 12.4. The van der Waals surface area contributed by atoms with E-state index in [1.165, 1.54) is 4.31 Å². The van der Waals surface area contributed by atoms with Gasteiger partial charge in [0.1, 0.15) is 0 Å². The van der Waals surface area contributed by atoms with Crippen LogP contribution in [0.5, 0.6) is 0 Å². The number of piperidine rings is 1. The first kappa shape index (κ1) is 30.1. The molecule has 1 N–H and O–H groups in total. The maximum Gasteiger partial charge on any atom is 0.321 e. The maximum absolute atomic E-state index is 13.7. The molecule has 3 rings (SSSR count). The Morgan fingerprint density at radius 3 is 2.41 bits per heavy atom. The van der Waals surface area contributed by atoms with Gasteiger partial charge in [-0.1, -0.05) is 57.2 Å². The molecule has 1 saturated heterocycles. The Kier molecular flexibility index (Phi) is 10.9. The molecule has 0 unspecified atom stereocenters. The van der Waals surface area contributed by atoms with E-state index in [0.29, 0.717) is 56.7 Å². The number of amides is 3. The standard InChI is InChI=1S/C29H39N5O4S/c1-4-17-39(37,38)33(20-23(2)3)22-28(35)34(21-24-9-6-5-7-10-24)27-13-15-32(16-14-27)29(36)31-26-12-8-11-25(18-26)19-30/h5-12,18,23,27H,4,13-17,20-22H2,1-3H3,(H,31,36). The summed E-state index contributed by atoms with van der Waals surface area (Å²) in [5.41, 5.74) is 1.99. The number of likely N-dealkylation sites (tertiary alicyclic amines) is 1. The second kappa shape index (κ2) is 14.1. The van der Waals surface area contributed by atoms with Crippen molar-refractivity contribution in [2.75, 3.05) is 37.2 Å². The number of nitrogens with one attached hydrogen (secondary N) is 1. The third-order valence-corrected chi connectivity index (χ3v) is 8.68. The highest BCUT2D eigenvalue weighted by atomic mass is 32.2. The van der Waals surface area contributed by atoms with Crippen LogP contribution in [-0.4, -0.2) is 72.4 Å². The second-order valence-electron chi connectivity index (χ2n) is 10.4. The average molecular weight is 554 g/mol. The zero-order valence-electron chi connectivity index (χ0n) is 23.0. The molecule has 2 aromatic carbocycles. The van der Waals surface area contributed by atoms with Crippen LogP contribution >= 0.6 is 0 Å². The molecule has 0 aromatic heterocycles. The fraction of sp³-hybridized carbons (Fsp3) is 0.483. The van der Waals surface area contributed by atoms with Crippen LogP contribution in [0.3, 0.4) is 0 Å². The minimum Gasteiger partial charge on any atom is -0.334 e. The topological polar surface area (TPSA) is 114 Å². The zero-order valence-corrected chi connectivity index (χ0v) is 23.9. The molecule has 1 heterocycles. The summed E-state index contributed by atoms with van der Waals surface area (Å²) in [4.78, 5) is 30.1. The Labute approximate surface area is 232 Å². The van der Waals surface area contributed by atoms with Gasteiger partial charge in [0, 0.05) is 37.9 Å². The molecule has 9 nitrogen and oxygen atoms in total. The Morgan fingerprint density at radius 2 is 1.79 bits per heavy atom. The summed E-state index contributed by atoms with van der Waals surface area (Å²) in [7, 11) is -3.55. The Bertz CT molecular complexity index is 1250. The normalized spacial score (nSPS) is 14.3. The van der Waals surface area contributed by atoms with Crippen LogP contribution in [0.2, 0.25) is 0 Å². The Morgan fingerprint density at radius 1 is 1.10 bits per heavy atom. The van der Waals surface area contributed by atoms with Crippen LogP contribution in [0, 0.1) is 17.2 Å². The van der Waals surface area contributed by atoms with E-state index in [0.717, 1.165) is 5.56 Å². The predicted molar refractivity (Wildman–Crippen MR) is 152 cm³/mol. The third-order valence-electron chi connectivity index (χ3n) is 6.69. The highest BCUT2D eigenvalue weighted by molar-refractivity contribution is 7.89. The molecule has 1 aliphatic heterocycles. The van der Waals surface area contributed by atoms with Gasteiger partial charge in [0.2, 0.25) is 15.9 Å². The first-order valence-corrected chi connectivity index (χ1v) is 15.1. The van der Waals surface area contributed by atoms with E-state index in [-0.39, 0.29) is 36.2 Å². The quantitative estimate of drug-likeness (QED) is 0.446. The van der Waals surface area contributed by atoms with Crippen LogP contribution in [0.25, 0.3) is 0 Å². The van der Waals surface area contributed by atoms with Crippen molar-refractivity contribution < 1.29 is 18.0 Å². The number of anilines is 1. The number of hydrogen-bond donors (Lipinski definition) is 1. The lowest BCUT2D eigenvalue weighted by atomic mass is 10.0. The summed E-state index contributed by atoms with van der Waals surface area (Å²) < 4.78 is 27.2. The van der Waals surface area contributed by atoms with Crippen molar-refractivity contribution in [3.8, 4) is 6.07 Å². The van der Waals surface area contributed by atoms with Crippen LogP contribution < -0.4 is 5.32 Å². The highest BCUT2D eigenvalue weighted by Crippen LogP contribution is 2.22. The number of rotatable bonds is 11. The predicted octanol–water partition coefficient (Wildman–Crippen LogP) is 4.28. The summed E-state index contributed by atoms with van der Waals surface area (Å²) in [6, 6.07) is 18.1. The van der Waals surface area contributed by atoms with E-state index in [9.17, 15) is 18.0 Å². The average Bonchev–Trinajstić information content (AvgIpc) is 2.92. The zero-order chi connectivity index (χ0) is 28.4. The monoisotopic (exact) mass is 553 g/mol. The summed E-state index contributed by atoms with van der Waals surface area (Å²) in [5, 5.41) is 12.0. The van der Waals surface area contributed by atoms with Gasteiger partial charge in [0.15, 0.2) is 0 Å². The van der Waals surface area contributed by atoms with Gasteiger partial charge in [-0.25, -0.2) is 13.2 Å².